The van der Waals surface area contributed by atoms with Crippen LogP contribution in [0, 0.1) is 12.8 Å². The Hall–Kier alpha value is -3.92. The van der Waals surface area contributed by atoms with Crippen LogP contribution in [-0.2, 0) is 14.3 Å². The number of methoxy groups -OCH3 is 1. The molecule has 206 valence electrons. The number of carbonyl (C=O) groups is 2. The lowest BCUT2D eigenvalue weighted by Crippen LogP contribution is -2.52. The van der Waals surface area contributed by atoms with Crippen molar-refractivity contribution in [3.8, 4) is 17.0 Å². The van der Waals surface area contributed by atoms with Gasteiger partial charge in [0.25, 0.3) is 0 Å². The van der Waals surface area contributed by atoms with Crippen molar-refractivity contribution in [1.82, 2.24) is 30.5 Å². The van der Waals surface area contributed by atoms with Gasteiger partial charge in [0.2, 0.25) is 12.1 Å². The maximum Gasteiger partial charge on any atom is 0.228 e. The van der Waals surface area contributed by atoms with Gasteiger partial charge in [0.1, 0.15) is 17.8 Å². The predicted molar refractivity (Wildman–Crippen MR) is 148 cm³/mol. The van der Waals surface area contributed by atoms with Crippen molar-refractivity contribution in [2.45, 2.75) is 51.3 Å². The first kappa shape index (κ1) is 26.7. The molecular formula is C29H36N6O4. The van der Waals surface area contributed by atoms with Gasteiger partial charge in [-0.2, -0.15) is 0 Å². The van der Waals surface area contributed by atoms with Gasteiger partial charge in [0, 0.05) is 48.4 Å². The van der Waals surface area contributed by atoms with E-state index in [9.17, 15) is 9.59 Å². The zero-order valence-corrected chi connectivity index (χ0v) is 22.7. The van der Waals surface area contributed by atoms with Crippen molar-refractivity contribution < 1.29 is 19.1 Å². The molecule has 1 aromatic carbocycles. The molecule has 2 atom stereocenters. The number of hydrogen-bond acceptors (Lipinski definition) is 8. The number of nitrogens with zero attached hydrogens (tertiary/aromatic N) is 3. The number of hydrogen-bond donors (Lipinski definition) is 3. The van der Waals surface area contributed by atoms with E-state index in [4.69, 9.17) is 9.47 Å². The van der Waals surface area contributed by atoms with Gasteiger partial charge in [-0.25, -0.2) is 4.98 Å². The molecule has 3 aromatic rings. The normalized spacial score (nSPS) is 17.9. The van der Waals surface area contributed by atoms with E-state index in [1.807, 2.05) is 38.2 Å². The van der Waals surface area contributed by atoms with Gasteiger partial charge < -0.3 is 30.0 Å². The molecule has 10 heteroatoms. The molecule has 3 N–H and O–H groups in total. The van der Waals surface area contributed by atoms with Crippen LogP contribution in [0.3, 0.4) is 0 Å². The fourth-order valence-corrected chi connectivity index (χ4v) is 5.12. The monoisotopic (exact) mass is 532 g/mol. The van der Waals surface area contributed by atoms with E-state index in [-0.39, 0.29) is 23.7 Å². The lowest BCUT2D eigenvalue weighted by atomic mass is 9.98. The third-order valence-corrected chi connectivity index (χ3v) is 7.36. The number of pyridine rings is 1. The number of nitrogens with one attached hydrogen (secondary N) is 3. The highest BCUT2D eigenvalue weighted by molar-refractivity contribution is 5.87. The van der Waals surface area contributed by atoms with Crippen molar-refractivity contribution >= 4 is 22.6 Å². The number of amides is 1. The standard InChI is InChI=1S/C29H36N6O4/c1-18-9-10-19-13-21(26(38-3)14-23(19)32-18)24-15-31-27(33-24)22(34-28(37)20-16-35(2)17-20)7-5-4-6-8-25(36)29-30-11-12-39-29/h9-15,20,22,29-30H,4-8,16-17H2,1-3H3,(H,31,33)(H,34,37)/t22-,29?/m0/s1. The molecule has 2 aliphatic rings. The molecule has 1 unspecified atom stereocenters. The minimum absolute atomic E-state index is 0.00591. The quantitative estimate of drug-likeness (QED) is 0.303. The van der Waals surface area contributed by atoms with Crippen LogP contribution in [0.25, 0.3) is 22.2 Å². The molecule has 0 aliphatic carbocycles. The number of aryl methyl sites for hydroxylation is 1. The smallest absolute Gasteiger partial charge is 0.228 e. The third-order valence-electron chi connectivity index (χ3n) is 7.36. The van der Waals surface area contributed by atoms with Gasteiger partial charge in [-0.1, -0.05) is 18.9 Å². The number of unbranched alkanes of at least 4 members (excludes halogenated alkanes) is 2. The maximum absolute atomic E-state index is 13.0. The molecule has 1 fully saturated rings. The first-order valence-corrected chi connectivity index (χ1v) is 13.5. The van der Waals surface area contributed by atoms with Crippen LogP contribution in [0.15, 0.2) is 42.9 Å². The summed E-state index contributed by atoms with van der Waals surface area (Å²) in [5.41, 5.74) is 3.52. The summed E-state index contributed by atoms with van der Waals surface area (Å²) >= 11 is 0. The Kier molecular flexibility index (Phi) is 8.11. The number of benzene rings is 1. The van der Waals surface area contributed by atoms with E-state index >= 15 is 0 Å². The molecule has 10 nitrogen and oxygen atoms in total. The molecular weight excluding hydrogens is 496 g/mol. The number of carbonyl (C=O) groups excluding carboxylic acids is 2. The van der Waals surface area contributed by atoms with Crippen LogP contribution in [0.2, 0.25) is 0 Å². The summed E-state index contributed by atoms with van der Waals surface area (Å²) in [7, 11) is 3.66. The Morgan fingerprint density at radius 2 is 2.08 bits per heavy atom. The number of ketones is 1. The third kappa shape index (κ3) is 6.22. The topological polar surface area (TPSA) is 121 Å². The van der Waals surface area contributed by atoms with E-state index in [2.05, 4.69) is 30.5 Å². The van der Waals surface area contributed by atoms with Crippen molar-refractivity contribution in [2.75, 3.05) is 27.2 Å². The van der Waals surface area contributed by atoms with Crippen LogP contribution in [0.5, 0.6) is 5.75 Å². The minimum Gasteiger partial charge on any atom is -0.496 e. The van der Waals surface area contributed by atoms with Crippen LogP contribution in [-0.4, -0.2) is 65.0 Å². The fraction of sp³-hybridized carbons (Fsp3) is 0.448. The van der Waals surface area contributed by atoms with E-state index in [1.54, 1.807) is 19.5 Å². The zero-order valence-electron chi connectivity index (χ0n) is 22.7. The summed E-state index contributed by atoms with van der Waals surface area (Å²) in [5.74, 6) is 1.50. The maximum atomic E-state index is 13.0. The summed E-state index contributed by atoms with van der Waals surface area (Å²) in [6, 6.07) is 7.77. The largest absolute Gasteiger partial charge is 0.496 e. The number of Topliss-reactive ketones (excluding diaryl/α,β-unsaturated/α-hetero) is 1. The number of aromatic nitrogens is 3. The SMILES string of the molecule is COc1cc2nc(C)ccc2cc1-c1cnc([C@H](CCCCCC(=O)C2NC=CO2)NC(=O)C2CN(C)C2)[nH]1. The second-order valence-electron chi connectivity index (χ2n) is 10.4. The Morgan fingerprint density at radius 3 is 2.82 bits per heavy atom. The van der Waals surface area contributed by atoms with Gasteiger partial charge in [-0.3, -0.25) is 14.6 Å². The number of fused-ring (bicyclic) bond motifs is 1. The minimum atomic E-state index is -0.564. The molecule has 2 aromatic heterocycles. The van der Waals surface area contributed by atoms with Crippen LogP contribution in [0.1, 0.15) is 49.7 Å². The first-order chi connectivity index (χ1) is 18.9. The predicted octanol–water partition coefficient (Wildman–Crippen LogP) is 3.60. The van der Waals surface area contributed by atoms with Gasteiger partial charge >= 0.3 is 0 Å². The molecule has 1 amide bonds. The molecule has 0 bridgehead atoms. The van der Waals surface area contributed by atoms with Crippen molar-refractivity contribution in [3.63, 3.8) is 0 Å². The molecule has 0 spiro atoms. The van der Waals surface area contributed by atoms with Crippen LogP contribution < -0.4 is 15.4 Å². The number of likely N-dealkylation sites (tertiary alicyclic amines) is 1. The Balaban J connectivity index is 1.28. The molecule has 5 rings (SSSR count). The summed E-state index contributed by atoms with van der Waals surface area (Å²) in [4.78, 5) is 40.0. The lowest BCUT2D eigenvalue weighted by Gasteiger charge is -2.35. The molecule has 1 saturated heterocycles. The van der Waals surface area contributed by atoms with E-state index in [0.29, 0.717) is 24.4 Å². The van der Waals surface area contributed by atoms with Crippen LogP contribution in [0.4, 0.5) is 0 Å². The average molecular weight is 533 g/mol. The second kappa shape index (κ2) is 11.9. The number of aromatic amines is 1. The van der Waals surface area contributed by atoms with E-state index < -0.39 is 6.23 Å². The first-order valence-electron chi connectivity index (χ1n) is 13.5. The Morgan fingerprint density at radius 1 is 1.23 bits per heavy atom. The number of rotatable bonds is 12. The Labute approximate surface area is 228 Å². The highest BCUT2D eigenvalue weighted by Crippen LogP contribution is 2.34. The van der Waals surface area contributed by atoms with Crippen LogP contribution >= 0.6 is 0 Å². The average Bonchev–Trinajstić information content (AvgIpc) is 3.62. The summed E-state index contributed by atoms with van der Waals surface area (Å²) < 4.78 is 10.9. The van der Waals surface area contributed by atoms with Crippen molar-refractivity contribution in [1.29, 1.82) is 0 Å². The number of H-pyrrole nitrogens is 1. The van der Waals surface area contributed by atoms with Gasteiger partial charge in [-0.15, -0.1) is 0 Å². The molecule has 2 aliphatic heterocycles. The Bertz CT molecular complexity index is 1360. The summed E-state index contributed by atoms with van der Waals surface area (Å²) in [5, 5.41) is 7.12. The highest BCUT2D eigenvalue weighted by atomic mass is 16.5. The molecule has 0 saturated carbocycles. The van der Waals surface area contributed by atoms with Gasteiger partial charge in [0.05, 0.1) is 36.5 Å². The lowest BCUT2D eigenvalue weighted by molar-refractivity contribution is -0.130. The molecule has 0 radical (unpaired) electrons. The van der Waals surface area contributed by atoms with Gasteiger partial charge in [-0.05, 0) is 38.9 Å². The van der Waals surface area contributed by atoms with Gasteiger partial charge in [0.15, 0.2) is 5.78 Å². The second-order valence-corrected chi connectivity index (χ2v) is 10.4. The highest BCUT2D eigenvalue weighted by Gasteiger charge is 2.32. The van der Waals surface area contributed by atoms with Crippen molar-refractivity contribution in [3.05, 3.63) is 54.4 Å². The molecule has 4 heterocycles. The van der Waals surface area contributed by atoms with E-state index in [1.165, 1.54) is 6.26 Å². The zero-order chi connectivity index (χ0) is 27.4. The number of imidazole rings is 1. The summed E-state index contributed by atoms with van der Waals surface area (Å²) in [6.07, 6.45) is 8.00. The summed E-state index contributed by atoms with van der Waals surface area (Å²) in [6.45, 7) is 3.49. The van der Waals surface area contributed by atoms with E-state index in [0.717, 1.165) is 60.2 Å². The molecule has 39 heavy (non-hydrogen) atoms. The fourth-order valence-electron chi connectivity index (χ4n) is 5.12. The van der Waals surface area contributed by atoms with Crippen molar-refractivity contribution in [2.24, 2.45) is 5.92 Å². The number of ether oxygens (including phenoxy) is 2.